The van der Waals surface area contributed by atoms with Crippen molar-refractivity contribution in [2.24, 2.45) is 5.92 Å². The summed E-state index contributed by atoms with van der Waals surface area (Å²) in [5, 5.41) is 11.4. The molecule has 0 saturated carbocycles. The van der Waals surface area contributed by atoms with Crippen LogP contribution in [-0.2, 0) is 11.2 Å². The summed E-state index contributed by atoms with van der Waals surface area (Å²) in [6, 6.07) is 1.24. The maximum Gasteiger partial charge on any atom is 0.221 e. The lowest BCUT2D eigenvalue weighted by molar-refractivity contribution is -0.114. The van der Waals surface area contributed by atoms with Crippen molar-refractivity contribution >= 4 is 17.4 Å². The Balaban J connectivity index is 2.36. The molecule has 1 amide bonds. The topological polar surface area (TPSA) is 66.4 Å². The Morgan fingerprint density at radius 2 is 2.18 bits per heavy atom. The SMILES string of the molecule is CC(=O)Nc1cc(F)c(C)c2c1C(=O)C(CCCCO)CC2. The van der Waals surface area contributed by atoms with Crippen molar-refractivity contribution in [3.8, 4) is 0 Å². The molecule has 2 N–H and O–H groups in total. The summed E-state index contributed by atoms with van der Waals surface area (Å²) >= 11 is 0. The van der Waals surface area contributed by atoms with Gasteiger partial charge in [-0.15, -0.1) is 0 Å². The van der Waals surface area contributed by atoms with E-state index in [0.29, 0.717) is 36.0 Å². The van der Waals surface area contributed by atoms with Crippen molar-refractivity contribution in [3.05, 3.63) is 28.6 Å². The summed E-state index contributed by atoms with van der Waals surface area (Å²) in [6.07, 6.45) is 3.52. The van der Waals surface area contributed by atoms with Crippen LogP contribution >= 0.6 is 0 Å². The van der Waals surface area contributed by atoms with Crippen LogP contribution in [0.2, 0.25) is 0 Å². The van der Waals surface area contributed by atoms with Crippen molar-refractivity contribution in [1.82, 2.24) is 0 Å². The highest BCUT2D eigenvalue weighted by molar-refractivity contribution is 6.07. The fourth-order valence-electron chi connectivity index (χ4n) is 3.12. The van der Waals surface area contributed by atoms with E-state index in [1.165, 1.54) is 13.0 Å². The van der Waals surface area contributed by atoms with Gasteiger partial charge in [-0.3, -0.25) is 9.59 Å². The predicted molar refractivity (Wildman–Crippen MR) is 82.5 cm³/mol. The third-order valence-corrected chi connectivity index (χ3v) is 4.28. The minimum atomic E-state index is -0.394. The molecule has 1 aromatic carbocycles. The van der Waals surface area contributed by atoms with E-state index in [9.17, 15) is 14.0 Å². The molecule has 2 rings (SSSR count). The number of rotatable bonds is 5. The third kappa shape index (κ3) is 3.35. The van der Waals surface area contributed by atoms with E-state index >= 15 is 0 Å². The number of ketones is 1. The van der Waals surface area contributed by atoms with Gasteiger partial charge in [0.15, 0.2) is 5.78 Å². The number of aliphatic hydroxyl groups excluding tert-OH is 1. The van der Waals surface area contributed by atoms with Gasteiger partial charge < -0.3 is 10.4 Å². The molecule has 120 valence electrons. The Morgan fingerprint density at radius 1 is 1.45 bits per heavy atom. The average molecular weight is 307 g/mol. The van der Waals surface area contributed by atoms with E-state index in [1.807, 2.05) is 0 Å². The number of carbonyl (C=O) groups is 2. The van der Waals surface area contributed by atoms with Crippen LogP contribution in [0, 0.1) is 18.7 Å². The Bertz CT molecular complexity index is 598. The van der Waals surface area contributed by atoms with Gasteiger partial charge >= 0.3 is 0 Å². The van der Waals surface area contributed by atoms with Crippen molar-refractivity contribution in [2.45, 2.75) is 46.0 Å². The first-order valence-electron chi connectivity index (χ1n) is 7.70. The molecule has 1 aliphatic rings. The van der Waals surface area contributed by atoms with Crippen LogP contribution in [0.4, 0.5) is 10.1 Å². The van der Waals surface area contributed by atoms with E-state index in [2.05, 4.69) is 5.32 Å². The molecule has 1 atom stereocenters. The monoisotopic (exact) mass is 307 g/mol. The number of unbranched alkanes of at least 4 members (excludes halogenated alkanes) is 1. The molecule has 1 aromatic rings. The third-order valence-electron chi connectivity index (χ3n) is 4.28. The van der Waals surface area contributed by atoms with E-state index in [0.717, 1.165) is 12.8 Å². The van der Waals surface area contributed by atoms with Crippen LogP contribution in [0.15, 0.2) is 6.07 Å². The standard InChI is InChI=1S/C17H22FNO3/c1-10-13-7-6-12(5-3-4-8-20)17(22)16(13)15(9-14(10)18)19-11(2)21/h9,12,20H,3-8H2,1-2H3,(H,19,21). The van der Waals surface area contributed by atoms with Crippen LogP contribution in [0.5, 0.6) is 0 Å². The van der Waals surface area contributed by atoms with Gasteiger partial charge in [0.1, 0.15) is 5.82 Å². The number of anilines is 1. The molecule has 0 aromatic heterocycles. The van der Waals surface area contributed by atoms with Crippen LogP contribution < -0.4 is 5.32 Å². The van der Waals surface area contributed by atoms with Crippen molar-refractivity contribution in [1.29, 1.82) is 0 Å². The molecule has 0 radical (unpaired) electrons. The quantitative estimate of drug-likeness (QED) is 0.822. The highest BCUT2D eigenvalue weighted by atomic mass is 19.1. The first-order valence-corrected chi connectivity index (χ1v) is 7.70. The van der Waals surface area contributed by atoms with E-state index in [1.54, 1.807) is 6.92 Å². The second-order valence-electron chi connectivity index (χ2n) is 5.88. The summed E-state index contributed by atoms with van der Waals surface area (Å²) in [7, 11) is 0. The van der Waals surface area contributed by atoms with Crippen molar-refractivity contribution < 1.29 is 19.1 Å². The van der Waals surface area contributed by atoms with Gasteiger partial charge in [-0.05, 0) is 49.8 Å². The number of carbonyl (C=O) groups excluding carboxylic acids is 2. The molecular weight excluding hydrogens is 285 g/mol. The summed E-state index contributed by atoms with van der Waals surface area (Å²) in [5.74, 6) is -0.850. The number of aliphatic hydroxyl groups is 1. The molecule has 22 heavy (non-hydrogen) atoms. The Labute approximate surface area is 129 Å². The smallest absolute Gasteiger partial charge is 0.221 e. The summed E-state index contributed by atoms with van der Waals surface area (Å²) in [5.41, 5.74) is 1.95. The zero-order valence-electron chi connectivity index (χ0n) is 13.0. The molecule has 5 heteroatoms. The highest BCUT2D eigenvalue weighted by Crippen LogP contribution is 2.36. The molecule has 4 nitrogen and oxygen atoms in total. The summed E-state index contributed by atoms with van der Waals surface area (Å²) in [6.45, 7) is 3.14. The number of Topliss-reactive ketones (excluding diaryl/α,β-unsaturated/α-hetero) is 1. The van der Waals surface area contributed by atoms with Gasteiger partial charge in [-0.2, -0.15) is 0 Å². The number of hydrogen-bond donors (Lipinski definition) is 2. The van der Waals surface area contributed by atoms with E-state index in [-0.39, 0.29) is 29.9 Å². The van der Waals surface area contributed by atoms with Crippen LogP contribution in [0.3, 0.4) is 0 Å². The Hall–Kier alpha value is -1.75. The summed E-state index contributed by atoms with van der Waals surface area (Å²) < 4.78 is 14.0. The van der Waals surface area contributed by atoms with Gasteiger partial charge in [0.05, 0.1) is 5.69 Å². The fourth-order valence-corrected chi connectivity index (χ4v) is 3.12. The molecule has 0 aliphatic heterocycles. The first kappa shape index (κ1) is 16.6. The lowest BCUT2D eigenvalue weighted by atomic mass is 9.78. The van der Waals surface area contributed by atoms with Gasteiger partial charge in [-0.25, -0.2) is 4.39 Å². The Kier molecular flexibility index (Phi) is 5.29. The minimum absolute atomic E-state index is 0.0222. The summed E-state index contributed by atoms with van der Waals surface area (Å²) in [4.78, 5) is 24.1. The van der Waals surface area contributed by atoms with Crippen LogP contribution in [0.1, 0.15) is 54.1 Å². The van der Waals surface area contributed by atoms with Gasteiger partial charge in [0.2, 0.25) is 5.91 Å². The van der Waals surface area contributed by atoms with Crippen molar-refractivity contribution in [2.75, 3.05) is 11.9 Å². The molecule has 0 saturated heterocycles. The van der Waals surface area contributed by atoms with Gasteiger partial charge in [0, 0.05) is 25.0 Å². The second kappa shape index (κ2) is 7.01. The Morgan fingerprint density at radius 3 is 2.82 bits per heavy atom. The first-order chi connectivity index (χ1) is 10.5. The number of nitrogens with one attached hydrogen (secondary N) is 1. The molecule has 1 aliphatic carbocycles. The normalized spacial score (nSPS) is 17.3. The number of amides is 1. The lowest BCUT2D eigenvalue weighted by Gasteiger charge is -2.27. The molecule has 0 bridgehead atoms. The number of benzene rings is 1. The zero-order chi connectivity index (χ0) is 16.3. The minimum Gasteiger partial charge on any atom is -0.396 e. The number of halogens is 1. The molecular formula is C17H22FNO3. The highest BCUT2D eigenvalue weighted by Gasteiger charge is 2.31. The molecule has 0 heterocycles. The van der Waals surface area contributed by atoms with Crippen molar-refractivity contribution in [3.63, 3.8) is 0 Å². The lowest BCUT2D eigenvalue weighted by Crippen LogP contribution is -2.26. The number of hydrogen-bond acceptors (Lipinski definition) is 3. The van der Waals surface area contributed by atoms with E-state index < -0.39 is 5.82 Å². The zero-order valence-corrected chi connectivity index (χ0v) is 13.0. The number of fused-ring (bicyclic) bond motifs is 1. The average Bonchev–Trinajstić information content (AvgIpc) is 2.45. The fraction of sp³-hybridized carbons (Fsp3) is 0.529. The van der Waals surface area contributed by atoms with Crippen LogP contribution in [0.25, 0.3) is 0 Å². The predicted octanol–water partition coefficient (Wildman–Crippen LogP) is 3.00. The largest absolute Gasteiger partial charge is 0.396 e. The maximum atomic E-state index is 14.0. The van der Waals surface area contributed by atoms with E-state index in [4.69, 9.17) is 5.11 Å². The molecule has 0 fully saturated rings. The molecule has 1 unspecified atom stereocenters. The van der Waals surface area contributed by atoms with Gasteiger partial charge in [0.25, 0.3) is 0 Å². The van der Waals surface area contributed by atoms with Gasteiger partial charge in [-0.1, -0.05) is 6.42 Å². The molecule has 0 spiro atoms. The van der Waals surface area contributed by atoms with Crippen LogP contribution in [-0.4, -0.2) is 23.4 Å². The second-order valence-corrected chi connectivity index (χ2v) is 5.88. The maximum absolute atomic E-state index is 14.0.